The Morgan fingerprint density at radius 1 is 1.62 bits per heavy atom. The lowest BCUT2D eigenvalue weighted by atomic mass is 9.78. The van der Waals surface area contributed by atoms with E-state index in [1.54, 1.807) is 18.4 Å². The van der Waals surface area contributed by atoms with E-state index in [1.807, 2.05) is 0 Å². The van der Waals surface area contributed by atoms with Crippen LogP contribution >= 0.6 is 0 Å². The summed E-state index contributed by atoms with van der Waals surface area (Å²) in [6, 6.07) is 0. The molecule has 0 bridgehead atoms. The Morgan fingerprint density at radius 3 is 2.85 bits per heavy atom. The second kappa shape index (κ2) is 4.11. The zero-order valence-corrected chi connectivity index (χ0v) is 6.92. The smallest absolute Gasteiger partial charge is 0.480 e. The van der Waals surface area contributed by atoms with Gasteiger partial charge in [0.15, 0.2) is 0 Å². The number of carboxylic acid groups (broad SMARTS) is 1. The fourth-order valence-corrected chi connectivity index (χ4v) is 1.08. The van der Waals surface area contributed by atoms with E-state index in [-0.39, 0.29) is 13.1 Å². The van der Waals surface area contributed by atoms with Crippen molar-refractivity contribution in [2.45, 2.75) is 0 Å². The van der Waals surface area contributed by atoms with E-state index in [1.165, 1.54) is 4.90 Å². The summed E-state index contributed by atoms with van der Waals surface area (Å²) < 4.78 is 0. The Morgan fingerprint density at radius 2 is 2.31 bits per heavy atom. The van der Waals surface area contributed by atoms with Crippen LogP contribution in [0.2, 0.25) is 0 Å². The van der Waals surface area contributed by atoms with Gasteiger partial charge in [-0.25, -0.2) is 0 Å². The van der Waals surface area contributed by atoms with Crippen LogP contribution < -0.4 is 0 Å². The van der Waals surface area contributed by atoms with E-state index >= 15 is 0 Å². The quantitative estimate of drug-likeness (QED) is 0.480. The summed E-state index contributed by atoms with van der Waals surface area (Å²) in [5, 5.41) is 26.1. The number of allylic oxidation sites excluding steroid dienone is 2. The maximum atomic E-state index is 10.3. The highest BCUT2D eigenvalue weighted by Crippen LogP contribution is 2.07. The van der Waals surface area contributed by atoms with Crippen molar-refractivity contribution in [1.82, 2.24) is 4.90 Å². The summed E-state index contributed by atoms with van der Waals surface area (Å²) in [5.74, 6) is -0.946. The lowest BCUT2D eigenvalue weighted by Crippen LogP contribution is -2.33. The van der Waals surface area contributed by atoms with E-state index in [0.717, 1.165) is 0 Å². The predicted molar refractivity (Wildman–Crippen MR) is 46.6 cm³/mol. The molecule has 1 rings (SSSR count). The molecule has 0 aliphatic carbocycles. The molecule has 0 atom stereocenters. The van der Waals surface area contributed by atoms with Crippen LogP contribution in [0.4, 0.5) is 0 Å². The molecule has 1 aliphatic heterocycles. The van der Waals surface area contributed by atoms with Crippen molar-refractivity contribution in [3.8, 4) is 0 Å². The molecule has 0 unspecified atom stereocenters. The van der Waals surface area contributed by atoms with Crippen molar-refractivity contribution >= 4 is 13.1 Å². The number of aliphatic carboxylic acids is 1. The normalized spacial score (nSPS) is 15.5. The van der Waals surface area contributed by atoms with Gasteiger partial charge < -0.3 is 20.1 Å². The molecule has 0 aromatic heterocycles. The van der Waals surface area contributed by atoms with E-state index in [4.69, 9.17) is 15.2 Å². The summed E-state index contributed by atoms with van der Waals surface area (Å²) in [4.78, 5) is 11.8. The molecule has 13 heavy (non-hydrogen) atoms. The third kappa shape index (κ3) is 2.92. The third-order valence-corrected chi connectivity index (χ3v) is 1.66. The maximum absolute atomic E-state index is 10.3. The zero-order chi connectivity index (χ0) is 9.84. The van der Waals surface area contributed by atoms with Gasteiger partial charge >= 0.3 is 13.1 Å². The molecule has 1 aliphatic rings. The number of carboxylic acids is 1. The Labute approximate surface area is 75.7 Å². The van der Waals surface area contributed by atoms with Crippen LogP contribution in [0.3, 0.4) is 0 Å². The van der Waals surface area contributed by atoms with Crippen molar-refractivity contribution < 1.29 is 19.9 Å². The molecule has 3 N–H and O–H groups in total. The maximum Gasteiger partial charge on any atom is 0.485 e. The van der Waals surface area contributed by atoms with E-state index in [9.17, 15) is 4.79 Å². The summed E-state index contributed by atoms with van der Waals surface area (Å²) >= 11 is 0. The van der Waals surface area contributed by atoms with Gasteiger partial charge in [0.25, 0.3) is 0 Å². The van der Waals surface area contributed by atoms with Gasteiger partial charge in [-0.1, -0.05) is 6.08 Å². The van der Waals surface area contributed by atoms with Gasteiger partial charge in [-0.2, -0.15) is 0 Å². The average molecular weight is 183 g/mol. The van der Waals surface area contributed by atoms with Crippen LogP contribution in [-0.2, 0) is 4.79 Å². The molecule has 0 aromatic rings. The molecule has 0 amide bonds. The van der Waals surface area contributed by atoms with E-state index < -0.39 is 13.1 Å². The number of carbonyl (C=O) groups is 1. The SMILES string of the molecule is O=C(O)CN1C=CC=C(B(O)O)C1. The molecule has 70 valence electrons. The molecule has 0 spiro atoms. The van der Waals surface area contributed by atoms with Crippen molar-refractivity contribution in [3.05, 3.63) is 23.8 Å². The summed E-state index contributed by atoms with van der Waals surface area (Å²) in [7, 11) is -1.51. The minimum absolute atomic E-state index is 0.138. The molecular weight excluding hydrogens is 173 g/mol. The summed E-state index contributed by atoms with van der Waals surface area (Å²) in [5.41, 5.74) is 0.392. The van der Waals surface area contributed by atoms with Crippen LogP contribution in [0.15, 0.2) is 23.8 Å². The first-order chi connectivity index (χ1) is 6.09. The second-order valence-corrected chi connectivity index (χ2v) is 2.76. The first-order valence-corrected chi connectivity index (χ1v) is 3.79. The first kappa shape index (κ1) is 9.82. The lowest BCUT2D eigenvalue weighted by molar-refractivity contribution is -0.137. The van der Waals surface area contributed by atoms with Gasteiger partial charge in [0.1, 0.15) is 6.54 Å². The standard InChI is InChI=1S/C7H10BNO4/c10-7(11)5-9-3-1-2-6(4-9)8(12)13/h1-3,12-13H,4-5H2,(H,10,11). The summed E-state index contributed by atoms with van der Waals surface area (Å²) in [6.07, 6.45) is 4.74. The minimum Gasteiger partial charge on any atom is -0.480 e. The summed E-state index contributed by atoms with van der Waals surface area (Å²) in [6.45, 7) is 0.0982. The van der Waals surface area contributed by atoms with Gasteiger partial charge in [0.05, 0.1) is 0 Å². The molecule has 0 saturated carbocycles. The van der Waals surface area contributed by atoms with Gasteiger partial charge in [0, 0.05) is 6.54 Å². The Balaban J connectivity index is 2.54. The number of nitrogens with zero attached hydrogens (tertiary/aromatic N) is 1. The molecule has 0 saturated heterocycles. The van der Waals surface area contributed by atoms with Gasteiger partial charge in [-0.05, 0) is 17.7 Å². The fraction of sp³-hybridized carbons (Fsp3) is 0.286. The third-order valence-electron chi connectivity index (χ3n) is 1.66. The Kier molecular flexibility index (Phi) is 3.10. The second-order valence-electron chi connectivity index (χ2n) is 2.76. The van der Waals surface area contributed by atoms with Crippen molar-refractivity contribution in [2.75, 3.05) is 13.1 Å². The molecule has 0 radical (unpaired) electrons. The molecule has 0 aromatic carbocycles. The largest absolute Gasteiger partial charge is 0.485 e. The number of hydrogen-bond donors (Lipinski definition) is 3. The number of rotatable bonds is 3. The van der Waals surface area contributed by atoms with E-state index in [0.29, 0.717) is 5.47 Å². The van der Waals surface area contributed by atoms with Gasteiger partial charge in [-0.15, -0.1) is 0 Å². The molecule has 5 nitrogen and oxygen atoms in total. The van der Waals surface area contributed by atoms with Crippen molar-refractivity contribution in [3.63, 3.8) is 0 Å². The van der Waals surface area contributed by atoms with Crippen molar-refractivity contribution in [2.24, 2.45) is 0 Å². The Hall–Kier alpha value is -1.27. The molecule has 6 heteroatoms. The monoisotopic (exact) mass is 183 g/mol. The van der Waals surface area contributed by atoms with Gasteiger partial charge in [0.2, 0.25) is 0 Å². The molecule has 1 heterocycles. The topological polar surface area (TPSA) is 81.0 Å². The van der Waals surface area contributed by atoms with Gasteiger partial charge in [-0.3, -0.25) is 4.79 Å². The van der Waals surface area contributed by atoms with Crippen LogP contribution in [0.25, 0.3) is 0 Å². The van der Waals surface area contributed by atoms with Crippen LogP contribution in [0, 0.1) is 0 Å². The van der Waals surface area contributed by atoms with Crippen LogP contribution in [0.5, 0.6) is 0 Å². The van der Waals surface area contributed by atoms with Crippen LogP contribution in [0.1, 0.15) is 0 Å². The molecule has 0 fully saturated rings. The highest BCUT2D eigenvalue weighted by atomic mass is 16.4. The van der Waals surface area contributed by atoms with E-state index in [2.05, 4.69) is 0 Å². The zero-order valence-electron chi connectivity index (χ0n) is 6.92. The highest BCUT2D eigenvalue weighted by molar-refractivity contribution is 6.51. The average Bonchev–Trinajstić information content (AvgIpc) is 2.03. The van der Waals surface area contributed by atoms with Crippen LogP contribution in [-0.4, -0.2) is 46.2 Å². The lowest BCUT2D eigenvalue weighted by Gasteiger charge is -2.22. The Bertz CT molecular complexity index is 261. The fourth-order valence-electron chi connectivity index (χ4n) is 1.08. The highest BCUT2D eigenvalue weighted by Gasteiger charge is 2.19. The minimum atomic E-state index is -1.51. The molecular formula is C7H10BNO4. The van der Waals surface area contributed by atoms with Crippen molar-refractivity contribution in [1.29, 1.82) is 0 Å². The predicted octanol–water partition coefficient (Wildman–Crippen LogP) is -1.16. The number of hydrogen-bond acceptors (Lipinski definition) is 4. The first-order valence-electron chi connectivity index (χ1n) is 3.79.